The summed E-state index contributed by atoms with van der Waals surface area (Å²) < 4.78 is 28.6. The topological polar surface area (TPSA) is 64.2 Å². The number of likely N-dealkylation sites (tertiary alicyclic amines) is 1. The Morgan fingerprint density at radius 1 is 1.25 bits per heavy atom. The summed E-state index contributed by atoms with van der Waals surface area (Å²) in [5.41, 5.74) is 8.74. The van der Waals surface area contributed by atoms with E-state index in [0.717, 1.165) is 49.1 Å². The number of rotatable bonds is 2. The zero-order valence-corrected chi connectivity index (χ0v) is 16.9. The molecule has 0 bridgehead atoms. The van der Waals surface area contributed by atoms with Crippen LogP contribution < -0.4 is 5.73 Å². The lowest BCUT2D eigenvalue weighted by Crippen LogP contribution is -2.54. The van der Waals surface area contributed by atoms with Crippen LogP contribution in [0.1, 0.15) is 48.4 Å². The molecular weight excluding hydrogens is 386 g/mol. The predicted molar refractivity (Wildman–Crippen MR) is 105 cm³/mol. The average molecular weight is 411 g/mol. The van der Waals surface area contributed by atoms with Crippen molar-refractivity contribution in [3.05, 3.63) is 46.8 Å². The fourth-order valence-corrected chi connectivity index (χ4v) is 4.14. The number of halogens is 3. The van der Waals surface area contributed by atoms with Gasteiger partial charge in [-0.25, -0.2) is 13.5 Å². The Balaban J connectivity index is 0.00000225. The minimum atomic E-state index is -0.922. The second-order valence-electron chi connectivity index (χ2n) is 8.25. The first kappa shape index (κ1) is 20.7. The summed E-state index contributed by atoms with van der Waals surface area (Å²) in [6, 6.07) is 3.76. The zero-order chi connectivity index (χ0) is 19.3. The third-order valence-corrected chi connectivity index (χ3v) is 5.88. The third-order valence-electron chi connectivity index (χ3n) is 5.88. The van der Waals surface area contributed by atoms with Gasteiger partial charge in [-0.2, -0.15) is 5.10 Å². The standard InChI is InChI=1S/C20H24F2N4O.ClH/c1-20(2)11-25(9-8-17(20)23)19(27)18-13-4-3-5-16(13)26(24-18)12-6-7-14(21)15(22)10-12;/h6-7,10,17H,3-5,8-9,11,23H2,1-2H3;1H. The van der Waals surface area contributed by atoms with Crippen molar-refractivity contribution >= 4 is 18.3 Å². The fourth-order valence-electron chi connectivity index (χ4n) is 4.14. The van der Waals surface area contributed by atoms with Crippen molar-refractivity contribution in [1.82, 2.24) is 14.7 Å². The fraction of sp³-hybridized carbons (Fsp3) is 0.500. The van der Waals surface area contributed by atoms with Crippen LogP contribution in [0, 0.1) is 17.0 Å². The molecule has 2 aromatic rings. The van der Waals surface area contributed by atoms with Gasteiger partial charge in [0.1, 0.15) is 0 Å². The zero-order valence-electron chi connectivity index (χ0n) is 16.0. The number of hydrogen-bond acceptors (Lipinski definition) is 3. The SMILES string of the molecule is CC1(C)CN(C(=O)c2nn(-c3ccc(F)c(F)c3)c3c2CCC3)CCC1N.Cl. The highest BCUT2D eigenvalue weighted by Gasteiger charge is 2.38. The highest BCUT2D eigenvalue weighted by molar-refractivity contribution is 5.94. The Morgan fingerprint density at radius 3 is 2.68 bits per heavy atom. The molecule has 4 rings (SSSR count). The van der Waals surface area contributed by atoms with Crippen LogP contribution in [-0.4, -0.2) is 39.7 Å². The monoisotopic (exact) mass is 410 g/mol. The van der Waals surface area contributed by atoms with Gasteiger partial charge in [0.15, 0.2) is 17.3 Å². The molecular formula is C20H25ClF2N4O. The van der Waals surface area contributed by atoms with Crippen LogP contribution in [0.2, 0.25) is 0 Å². The molecule has 1 aromatic carbocycles. The molecule has 1 amide bonds. The number of nitrogens with two attached hydrogens (primary N) is 1. The number of carbonyl (C=O) groups is 1. The molecule has 8 heteroatoms. The Labute approximate surface area is 169 Å². The smallest absolute Gasteiger partial charge is 0.274 e. The molecule has 1 fully saturated rings. The molecule has 2 N–H and O–H groups in total. The van der Waals surface area contributed by atoms with Gasteiger partial charge in [-0.05, 0) is 43.2 Å². The molecule has 0 spiro atoms. The van der Waals surface area contributed by atoms with Crippen molar-refractivity contribution in [2.45, 2.75) is 45.6 Å². The Morgan fingerprint density at radius 2 is 2.00 bits per heavy atom. The largest absolute Gasteiger partial charge is 0.337 e. The molecule has 2 aliphatic rings. The Bertz CT molecular complexity index is 912. The predicted octanol–water partition coefficient (Wildman–Crippen LogP) is 3.26. The molecule has 5 nitrogen and oxygen atoms in total. The van der Waals surface area contributed by atoms with E-state index >= 15 is 0 Å². The van der Waals surface area contributed by atoms with Crippen molar-refractivity contribution in [3.8, 4) is 5.69 Å². The van der Waals surface area contributed by atoms with Gasteiger partial charge in [0.25, 0.3) is 5.91 Å². The number of hydrogen-bond donors (Lipinski definition) is 1. The van der Waals surface area contributed by atoms with E-state index in [9.17, 15) is 13.6 Å². The van der Waals surface area contributed by atoms with E-state index < -0.39 is 11.6 Å². The van der Waals surface area contributed by atoms with Gasteiger partial charge >= 0.3 is 0 Å². The summed E-state index contributed by atoms with van der Waals surface area (Å²) in [4.78, 5) is 15.0. The summed E-state index contributed by atoms with van der Waals surface area (Å²) in [6.45, 7) is 5.33. The van der Waals surface area contributed by atoms with Crippen LogP contribution in [0.25, 0.3) is 5.69 Å². The molecule has 1 aliphatic heterocycles. The van der Waals surface area contributed by atoms with E-state index in [1.54, 1.807) is 4.68 Å². The van der Waals surface area contributed by atoms with E-state index in [-0.39, 0.29) is 29.8 Å². The number of aromatic nitrogens is 2. The van der Waals surface area contributed by atoms with Gasteiger partial charge in [0.2, 0.25) is 0 Å². The van der Waals surface area contributed by atoms with Crippen LogP contribution in [0.4, 0.5) is 8.78 Å². The Hall–Kier alpha value is -1.99. The maximum Gasteiger partial charge on any atom is 0.274 e. The van der Waals surface area contributed by atoms with E-state index in [2.05, 4.69) is 18.9 Å². The van der Waals surface area contributed by atoms with Gasteiger partial charge in [-0.15, -0.1) is 12.4 Å². The highest BCUT2D eigenvalue weighted by atomic mass is 35.5. The number of fused-ring (bicyclic) bond motifs is 1. The maximum atomic E-state index is 13.7. The van der Waals surface area contributed by atoms with Crippen molar-refractivity contribution in [3.63, 3.8) is 0 Å². The van der Waals surface area contributed by atoms with Crippen molar-refractivity contribution in [2.75, 3.05) is 13.1 Å². The van der Waals surface area contributed by atoms with Crippen molar-refractivity contribution in [1.29, 1.82) is 0 Å². The molecule has 2 heterocycles. The number of piperidine rings is 1. The van der Waals surface area contributed by atoms with Crippen LogP contribution in [-0.2, 0) is 12.8 Å². The van der Waals surface area contributed by atoms with Gasteiger partial charge in [0.05, 0.1) is 5.69 Å². The number of nitrogens with zero attached hydrogens (tertiary/aromatic N) is 3. The number of amides is 1. The van der Waals surface area contributed by atoms with E-state index in [0.29, 0.717) is 24.5 Å². The van der Waals surface area contributed by atoms with Crippen LogP contribution in [0.15, 0.2) is 18.2 Å². The summed E-state index contributed by atoms with van der Waals surface area (Å²) in [6.07, 6.45) is 3.22. The summed E-state index contributed by atoms with van der Waals surface area (Å²) in [5, 5.41) is 4.52. The lowest BCUT2D eigenvalue weighted by molar-refractivity contribution is 0.0526. The summed E-state index contributed by atoms with van der Waals surface area (Å²) in [5.74, 6) is -1.92. The normalized spacial score (nSPS) is 20.6. The Kier molecular flexibility index (Phi) is 5.51. The molecule has 0 saturated carbocycles. The molecule has 1 aliphatic carbocycles. The summed E-state index contributed by atoms with van der Waals surface area (Å²) in [7, 11) is 0. The first-order valence-corrected chi connectivity index (χ1v) is 9.39. The quantitative estimate of drug-likeness (QED) is 0.826. The molecule has 28 heavy (non-hydrogen) atoms. The summed E-state index contributed by atoms with van der Waals surface area (Å²) >= 11 is 0. The van der Waals surface area contributed by atoms with Gasteiger partial charge in [-0.1, -0.05) is 13.8 Å². The molecule has 0 radical (unpaired) electrons. The molecule has 1 atom stereocenters. The van der Waals surface area contributed by atoms with E-state index in [1.165, 1.54) is 6.07 Å². The first-order chi connectivity index (χ1) is 12.8. The third kappa shape index (κ3) is 3.42. The lowest BCUT2D eigenvalue weighted by atomic mass is 9.79. The van der Waals surface area contributed by atoms with E-state index in [4.69, 9.17) is 5.73 Å². The van der Waals surface area contributed by atoms with E-state index in [1.807, 2.05) is 4.90 Å². The highest BCUT2D eigenvalue weighted by Crippen LogP contribution is 2.32. The number of benzene rings is 1. The second kappa shape index (κ2) is 7.44. The van der Waals surface area contributed by atoms with Crippen LogP contribution in [0.5, 0.6) is 0 Å². The maximum absolute atomic E-state index is 13.7. The molecule has 1 aromatic heterocycles. The molecule has 152 valence electrons. The minimum Gasteiger partial charge on any atom is -0.337 e. The molecule has 1 saturated heterocycles. The average Bonchev–Trinajstić information content (AvgIpc) is 3.21. The molecule has 1 unspecified atom stereocenters. The van der Waals surface area contributed by atoms with Crippen LogP contribution >= 0.6 is 12.4 Å². The lowest BCUT2D eigenvalue weighted by Gasteiger charge is -2.42. The number of carbonyl (C=O) groups excluding carboxylic acids is 1. The second-order valence-corrected chi connectivity index (χ2v) is 8.25. The van der Waals surface area contributed by atoms with Crippen molar-refractivity contribution in [2.24, 2.45) is 11.1 Å². The van der Waals surface area contributed by atoms with Crippen molar-refractivity contribution < 1.29 is 13.6 Å². The minimum absolute atomic E-state index is 0. The van der Waals surface area contributed by atoms with Gasteiger partial charge in [-0.3, -0.25) is 4.79 Å². The first-order valence-electron chi connectivity index (χ1n) is 9.39. The van der Waals surface area contributed by atoms with Crippen LogP contribution in [0.3, 0.4) is 0 Å². The van der Waals surface area contributed by atoms with Gasteiger partial charge < -0.3 is 10.6 Å². The van der Waals surface area contributed by atoms with Gasteiger partial charge in [0, 0.05) is 36.5 Å².